The molecular weight excluding hydrogens is 752 g/mol. The second-order valence-electron chi connectivity index (χ2n) is 11.1. The summed E-state index contributed by atoms with van der Waals surface area (Å²) in [6, 6.07) is 35.5. The zero-order valence-electron chi connectivity index (χ0n) is 26.1. The molecule has 0 spiro atoms. The molecule has 4 aromatic carbocycles. The van der Waals surface area contributed by atoms with Crippen LogP contribution in [0, 0.1) is 12.1 Å². The third-order valence-corrected chi connectivity index (χ3v) is 8.11. The van der Waals surface area contributed by atoms with Crippen LogP contribution in [0.5, 0.6) is 17.2 Å². The number of hydrogen-bond donors (Lipinski definition) is 0. The number of pyridine rings is 1. The Morgan fingerprint density at radius 1 is 0.783 bits per heavy atom. The molecule has 0 saturated heterocycles. The maximum atomic E-state index is 6.36. The molecule has 7 heteroatoms. The average molecular weight is 786 g/mol. The quantitative estimate of drug-likeness (QED) is 0.130. The Hall–Kier alpha value is -4.67. The minimum Gasteiger partial charge on any atom is -0.509 e. The van der Waals surface area contributed by atoms with Crippen molar-refractivity contribution >= 4 is 21.8 Å². The zero-order chi connectivity index (χ0) is 30.8. The summed E-state index contributed by atoms with van der Waals surface area (Å²) in [4.78, 5) is 4.65. The molecular formula is C39H34N4O2Pt. The molecule has 0 aliphatic rings. The van der Waals surface area contributed by atoms with E-state index >= 15 is 0 Å². The van der Waals surface area contributed by atoms with Gasteiger partial charge in [-0.3, -0.25) is 4.68 Å². The minimum atomic E-state index is 0. The zero-order valence-corrected chi connectivity index (χ0v) is 28.3. The molecule has 0 radical (unpaired) electrons. The Labute approximate surface area is 283 Å². The monoisotopic (exact) mass is 785 g/mol. The fourth-order valence-electron chi connectivity index (χ4n) is 6.13. The van der Waals surface area contributed by atoms with E-state index in [1.54, 1.807) is 13.3 Å². The fraction of sp³-hybridized carbons (Fsp3) is 0.179. The molecule has 6 nitrogen and oxygen atoms in total. The summed E-state index contributed by atoms with van der Waals surface area (Å²) in [6.07, 6.45) is 10.1. The molecule has 0 atom stereocenters. The number of ether oxygens (including phenoxy) is 2. The summed E-state index contributed by atoms with van der Waals surface area (Å²) < 4.78 is 15.8. The first-order valence-electron chi connectivity index (χ1n) is 15.5. The number of nitrogens with zero attached hydrogens (tertiary/aromatic N) is 4. The number of fused-ring (bicyclic) bond motifs is 3. The molecule has 3 aromatic heterocycles. The maximum absolute atomic E-state index is 6.36. The van der Waals surface area contributed by atoms with Crippen molar-refractivity contribution in [3.8, 4) is 39.9 Å². The Kier molecular flexibility index (Phi) is 9.37. The van der Waals surface area contributed by atoms with Gasteiger partial charge in [0.25, 0.3) is 0 Å². The predicted octanol–water partition coefficient (Wildman–Crippen LogP) is 9.34. The smallest absolute Gasteiger partial charge is 0.509 e. The maximum Gasteiger partial charge on any atom is 2.00 e. The van der Waals surface area contributed by atoms with Gasteiger partial charge in [-0.2, -0.15) is 17.2 Å². The van der Waals surface area contributed by atoms with Crippen LogP contribution in [0.15, 0.2) is 104 Å². The van der Waals surface area contributed by atoms with Crippen LogP contribution in [0.1, 0.15) is 37.8 Å². The molecule has 7 aromatic rings. The van der Waals surface area contributed by atoms with Crippen LogP contribution in [0.2, 0.25) is 0 Å². The van der Waals surface area contributed by atoms with Crippen LogP contribution in [0.3, 0.4) is 0 Å². The topological polar surface area (TPSA) is 54.1 Å². The first-order valence-corrected chi connectivity index (χ1v) is 15.5. The average Bonchev–Trinajstić information content (AvgIpc) is 3.69. The summed E-state index contributed by atoms with van der Waals surface area (Å²) in [5.74, 6) is 2.66. The van der Waals surface area contributed by atoms with E-state index in [1.165, 1.54) is 16.7 Å². The SMILES string of the molecule is CCCc1cccc(CCC)c1-c1cnn(-c2[c-]c(Oc3[c-]c4c(cc3)c3ccccc3n4-c3cc(OC)ccn3)ccc2)c1.[Pt+2]. The minimum absolute atomic E-state index is 0. The summed E-state index contributed by atoms with van der Waals surface area (Å²) >= 11 is 0. The van der Waals surface area contributed by atoms with Gasteiger partial charge >= 0.3 is 21.1 Å². The normalized spacial score (nSPS) is 11.1. The van der Waals surface area contributed by atoms with Crippen molar-refractivity contribution in [3.63, 3.8) is 0 Å². The van der Waals surface area contributed by atoms with Crippen molar-refractivity contribution in [2.45, 2.75) is 39.5 Å². The third-order valence-electron chi connectivity index (χ3n) is 8.11. The third kappa shape index (κ3) is 5.98. The fourth-order valence-corrected chi connectivity index (χ4v) is 6.13. The summed E-state index contributed by atoms with van der Waals surface area (Å²) in [5, 5.41) is 6.92. The number of methoxy groups -OCH3 is 1. The molecule has 0 saturated carbocycles. The second kappa shape index (κ2) is 13.8. The molecule has 7 rings (SSSR count). The summed E-state index contributed by atoms with van der Waals surface area (Å²) in [5.41, 5.74) is 7.89. The van der Waals surface area contributed by atoms with Gasteiger partial charge < -0.3 is 14.0 Å². The Bertz CT molecular complexity index is 2110. The van der Waals surface area contributed by atoms with E-state index in [0.29, 0.717) is 11.5 Å². The van der Waals surface area contributed by atoms with Crippen molar-refractivity contribution in [2.75, 3.05) is 7.11 Å². The molecule has 0 N–H and O–H groups in total. The van der Waals surface area contributed by atoms with E-state index < -0.39 is 0 Å². The van der Waals surface area contributed by atoms with E-state index in [-0.39, 0.29) is 21.1 Å². The Balaban J connectivity index is 0.00000372. The first-order chi connectivity index (χ1) is 22.2. The van der Waals surface area contributed by atoms with Crippen LogP contribution in [0.25, 0.3) is 44.4 Å². The van der Waals surface area contributed by atoms with Crippen LogP contribution in [-0.4, -0.2) is 26.4 Å². The van der Waals surface area contributed by atoms with Gasteiger partial charge in [-0.15, -0.1) is 35.7 Å². The molecule has 232 valence electrons. The molecule has 0 amide bonds. The molecule has 0 unspecified atom stereocenters. The van der Waals surface area contributed by atoms with Crippen molar-refractivity contribution in [3.05, 3.63) is 127 Å². The molecule has 0 bridgehead atoms. The number of aromatic nitrogens is 4. The van der Waals surface area contributed by atoms with Crippen LogP contribution in [-0.2, 0) is 33.9 Å². The summed E-state index contributed by atoms with van der Waals surface area (Å²) in [7, 11) is 1.66. The van der Waals surface area contributed by atoms with Crippen LogP contribution >= 0.6 is 0 Å². The Morgan fingerprint density at radius 3 is 2.33 bits per heavy atom. The summed E-state index contributed by atoms with van der Waals surface area (Å²) in [6.45, 7) is 4.45. The molecule has 0 aliphatic heterocycles. The number of rotatable bonds is 10. The number of aryl methyl sites for hydroxylation is 2. The Morgan fingerprint density at radius 2 is 1.54 bits per heavy atom. The van der Waals surface area contributed by atoms with E-state index in [1.807, 2.05) is 59.4 Å². The predicted molar refractivity (Wildman–Crippen MR) is 180 cm³/mol. The van der Waals surface area contributed by atoms with Gasteiger partial charge in [0.05, 0.1) is 13.3 Å². The molecule has 0 fully saturated rings. The van der Waals surface area contributed by atoms with Crippen molar-refractivity contribution in [1.29, 1.82) is 0 Å². The second-order valence-corrected chi connectivity index (χ2v) is 11.1. The number of hydrogen-bond acceptors (Lipinski definition) is 4. The molecule has 46 heavy (non-hydrogen) atoms. The van der Waals surface area contributed by atoms with Crippen molar-refractivity contribution in [2.24, 2.45) is 0 Å². The van der Waals surface area contributed by atoms with Gasteiger partial charge in [0.15, 0.2) is 0 Å². The van der Waals surface area contributed by atoms with Gasteiger partial charge in [-0.1, -0.05) is 68.6 Å². The van der Waals surface area contributed by atoms with E-state index in [2.05, 4.69) is 78.1 Å². The first kappa shape index (κ1) is 31.3. The van der Waals surface area contributed by atoms with Crippen molar-refractivity contribution in [1.82, 2.24) is 19.3 Å². The van der Waals surface area contributed by atoms with Crippen LogP contribution < -0.4 is 9.47 Å². The largest absolute Gasteiger partial charge is 2.00 e. The van der Waals surface area contributed by atoms with Crippen LogP contribution in [0.4, 0.5) is 0 Å². The van der Waals surface area contributed by atoms with Gasteiger partial charge in [0.2, 0.25) is 0 Å². The number of para-hydroxylation sites is 1. The molecule has 0 aliphatic carbocycles. The molecule has 3 heterocycles. The van der Waals surface area contributed by atoms with Gasteiger partial charge in [-0.25, -0.2) is 4.98 Å². The van der Waals surface area contributed by atoms with E-state index in [0.717, 1.165) is 70.3 Å². The number of benzene rings is 4. The van der Waals surface area contributed by atoms with Gasteiger partial charge in [0.1, 0.15) is 11.6 Å². The van der Waals surface area contributed by atoms with Crippen molar-refractivity contribution < 1.29 is 30.5 Å². The standard InChI is InChI=1S/C39H34N4O2.Pt/c1-4-10-27-12-8-13-28(11-5-2)39(27)29-25-41-42(26-29)30-14-9-15-32(22-30)45-33-18-19-35-34-16-6-7-17-36(34)43(37(35)23-33)38-24-31(44-3)20-21-40-38;/h6-9,12-21,24-26H,4-5,10-11H2,1-3H3;/q-2;+2. The van der Waals surface area contributed by atoms with Gasteiger partial charge in [-0.05, 0) is 52.7 Å². The van der Waals surface area contributed by atoms with E-state index in [4.69, 9.17) is 14.6 Å². The van der Waals surface area contributed by atoms with E-state index in [9.17, 15) is 0 Å². The van der Waals surface area contributed by atoms with Gasteiger partial charge in [0, 0.05) is 41.0 Å².